The molecule has 2 aromatic carbocycles. The molecule has 0 spiro atoms. The molecule has 0 saturated carbocycles. The van der Waals surface area contributed by atoms with Crippen LogP contribution in [0.1, 0.15) is 37.0 Å². The fourth-order valence-electron chi connectivity index (χ4n) is 3.56. The molecule has 0 atom stereocenters. The van der Waals surface area contributed by atoms with Crippen LogP contribution in [-0.4, -0.2) is 43.1 Å². The Bertz CT molecular complexity index is 1010. The van der Waals surface area contributed by atoms with Gasteiger partial charge in [0.15, 0.2) is 0 Å². The van der Waals surface area contributed by atoms with Gasteiger partial charge in [-0.1, -0.05) is 30.3 Å². The van der Waals surface area contributed by atoms with E-state index in [1.165, 1.54) is 4.90 Å². The van der Waals surface area contributed by atoms with E-state index in [2.05, 4.69) is 5.32 Å². The van der Waals surface area contributed by atoms with Crippen molar-refractivity contribution in [1.29, 1.82) is 0 Å². The number of benzene rings is 2. The van der Waals surface area contributed by atoms with E-state index in [0.29, 0.717) is 36.5 Å². The van der Waals surface area contributed by atoms with Gasteiger partial charge in [-0.3, -0.25) is 14.5 Å². The highest BCUT2D eigenvalue weighted by molar-refractivity contribution is 6.37. The summed E-state index contributed by atoms with van der Waals surface area (Å²) < 4.78 is 11.1. The fourth-order valence-corrected chi connectivity index (χ4v) is 3.56. The molecular formula is C25H30N2O4. The van der Waals surface area contributed by atoms with Gasteiger partial charge in [0.1, 0.15) is 11.4 Å². The van der Waals surface area contributed by atoms with Crippen LogP contribution in [0.3, 0.4) is 0 Å². The van der Waals surface area contributed by atoms with Crippen LogP contribution in [-0.2, 0) is 14.3 Å². The molecule has 2 amide bonds. The zero-order valence-electron chi connectivity index (χ0n) is 18.8. The molecule has 6 nitrogen and oxygen atoms in total. The SMILES string of the molecule is COc1ccccc1C1=C(Nc2cccc(C)c2C)C(=O)N(CCCOC(C)C)C1=O. The first-order chi connectivity index (χ1) is 14.8. The van der Waals surface area contributed by atoms with Crippen molar-refractivity contribution < 1.29 is 19.1 Å². The third-order valence-corrected chi connectivity index (χ3v) is 5.39. The van der Waals surface area contributed by atoms with Crippen molar-refractivity contribution >= 4 is 23.1 Å². The Kier molecular flexibility index (Phi) is 7.13. The Labute approximate surface area is 183 Å². The van der Waals surface area contributed by atoms with Crippen LogP contribution >= 0.6 is 0 Å². The summed E-state index contributed by atoms with van der Waals surface area (Å²) in [5.74, 6) is -0.118. The Balaban J connectivity index is 1.99. The van der Waals surface area contributed by atoms with E-state index >= 15 is 0 Å². The van der Waals surface area contributed by atoms with E-state index in [4.69, 9.17) is 9.47 Å². The number of anilines is 1. The number of rotatable bonds is 9. The number of imide groups is 1. The zero-order valence-corrected chi connectivity index (χ0v) is 18.8. The van der Waals surface area contributed by atoms with Gasteiger partial charge in [-0.2, -0.15) is 0 Å². The van der Waals surface area contributed by atoms with Gasteiger partial charge < -0.3 is 14.8 Å². The van der Waals surface area contributed by atoms with Gasteiger partial charge in [-0.25, -0.2) is 0 Å². The topological polar surface area (TPSA) is 67.9 Å². The molecule has 1 heterocycles. The highest BCUT2D eigenvalue weighted by atomic mass is 16.5. The number of amides is 2. The summed E-state index contributed by atoms with van der Waals surface area (Å²) in [6, 6.07) is 13.1. The summed E-state index contributed by atoms with van der Waals surface area (Å²) >= 11 is 0. The van der Waals surface area contributed by atoms with Crippen molar-refractivity contribution in [1.82, 2.24) is 4.90 Å². The second-order valence-corrected chi connectivity index (χ2v) is 7.86. The van der Waals surface area contributed by atoms with E-state index in [1.54, 1.807) is 19.2 Å². The van der Waals surface area contributed by atoms with Gasteiger partial charge in [0, 0.05) is 24.4 Å². The van der Waals surface area contributed by atoms with Gasteiger partial charge in [0.2, 0.25) is 0 Å². The Morgan fingerprint density at radius 3 is 2.45 bits per heavy atom. The third-order valence-electron chi connectivity index (χ3n) is 5.39. The molecule has 0 bridgehead atoms. The second kappa shape index (κ2) is 9.79. The first-order valence-corrected chi connectivity index (χ1v) is 10.5. The minimum Gasteiger partial charge on any atom is -0.496 e. The van der Waals surface area contributed by atoms with E-state index in [-0.39, 0.29) is 23.6 Å². The first-order valence-electron chi connectivity index (χ1n) is 10.5. The number of nitrogens with one attached hydrogen (secondary N) is 1. The van der Waals surface area contributed by atoms with Crippen molar-refractivity contribution in [2.24, 2.45) is 0 Å². The van der Waals surface area contributed by atoms with E-state index in [0.717, 1.165) is 16.8 Å². The molecule has 6 heteroatoms. The van der Waals surface area contributed by atoms with Crippen LogP contribution < -0.4 is 10.1 Å². The summed E-state index contributed by atoms with van der Waals surface area (Å²) in [4.78, 5) is 28.0. The lowest BCUT2D eigenvalue weighted by Crippen LogP contribution is -2.34. The Morgan fingerprint density at radius 2 is 1.74 bits per heavy atom. The lowest BCUT2D eigenvalue weighted by Gasteiger charge is -2.16. The molecule has 0 unspecified atom stereocenters. The molecular weight excluding hydrogens is 392 g/mol. The maximum Gasteiger partial charge on any atom is 0.278 e. The lowest BCUT2D eigenvalue weighted by atomic mass is 10.0. The number of hydrogen-bond acceptors (Lipinski definition) is 5. The number of methoxy groups -OCH3 is 1. The number of carbonyl (C=O) groups excluding carboxylic acids is 2. The van der Waals surface area contributed by atoms with Gasteiger partial charge in [-0.15, -0.1) is 0 Å². The minimum absolute atomic E-state index is 0.105. The molecule has 2 aromatic rings. The monoisotopic (exact) mass is 422 g/mol. The van der Waals surface area contributed by atoms with Crippen LogP contribution in [0.5, 0.6) is 5.75 Å². The number of hydrogen-bond donors (Lipinski definition) is 1. The van der Waals surface area contributed by atoms with Crippen LogP contribution in [0.4, 0.5) is 5.69 Å². The first kappa shape index (κ1) is 22.6. The number of ether oxygens (including phenoxy) is 2. The molecule has 0 aromatic heterocycles. The molecule has 0 saturated heterocycles. The van der Waals surface area contributed by atoms with Crippen molar-refractivity contribution in [3.8, 4) is 5.75 Å². The maximum atomic E-state index is 13.4. The molecule has 31 heavy (non-hydrogen) atoms. The Hall–Kier alpha value is -3.12. The fraction of sp³-hybridized carbons (Fsp3) is 0.360. The molecule has 0 fully saturated rings. The quantitative estimate of drug-likeness (QED) is 0.482. The average Bonchev–Trinajstić information content (AvgIpc) is 2.98. The van der Waals surface area contributed by atoms with E-state index in [9.17, 15) is 9.59 Å². The zero-order chi connectivity index (χ0) is 22.5. The van der Waals surface area contributed by atoms with E-state index in [1.807, 2.05) is 58.0 Å². The standard InChI is InChI=1S/C25H30N2O4/c1-16(2)31-15-9-14-27-24(28)22(19-11-6-7-13-21(19)30-5)23(25(27)29)26-20-12-8-10-17(3)18(20)4/h6-8,10-13,16,26H,9,14-15H2,1-5H3. The predicted molar refractivity (Wildman–Crippen MR) is 122 cm³/mol. The molecule has 3 rings (SSSR count). The summed E-state index contributed by atoms with van der Waals surface area (Å²) in [6.07, 6.45) is 0.680. The number of carbonyl (C=O) groups is 2. The van der Waals surface area contributed by atoms with E-state index < -0.39 is 0 Å². The van der Waals surface area contributed by atoms with Crippen LogP contribution in [0, 0.1) is 13.8 Å². The largest absolute Gasteiger partial charge is 0.496 e. The molecule has 1 aliphatic rings. The summed E-state index contributed by atoms with van der Waals surface area (Å²) in [6.45, 7) is 8.70. The molecule has 0 aliphatic carbocycles. The number of para-hydroxylation sites is 1. The number of aryl methyl sites for hydroxylation is 1. The summed E-state index contributed by atoms with van der Waals surface area (Å²) in [5.41, 5.74) is 4.12. The summed E-state index contributed by atoms with van der Waals surface area (Å²) in [7, 11) is 1.56. The smallest absolute Gasteiger partial charge is 0.278 e. The maximum absolute atomic E-state index is 13.4. The van der Waals surface area contributed by atoms with Gasteiger partial charge in [0.25, 0.3) is 11.8 Å². The lowest BCUT2D eigenvalue weighted by molar-refractivity contribution is -0.137. The van der Waals surface area contributed by atoms with Crippen molar-refractivity contribution in [3.05, 3.63) is 64.9 Å². The third kappa shape index (κ3) is 4.80. The predicted octanol–water partition coefficient (Wildman–Crippen LogP) is 4.32. The molecule has 0 radical (unpaired) electrons. The average molecular weight is 423 g/mol. The van der Waals surface area contributed by atoms with Crippen molar-refractivity contribution in [2.45, 2.75) is 40.2 Å². The molecule has 1 N–H and O–H groups in total. The van der Waals surface area contributed by atoms with Gasteiger partial charge >= 0.3 is 0 Å². The summed E-state index contributed by atoms with van der Waals surface area (Å²) in [5, 5.41) is 3.25. The van der Waals surface area contributed by atoms with Crippen LogP contribution in [0.25, 0.3) is 5.57 Å². The van der Waals surface area contributed by atoms with Gasteiger partial charge in [0.05, 0.1) is 18.8 Å². The van der Waals surface area contributed by atoms with Crippen molar-refractivity contribution in [3.63, 3.8) is 0 Å². The normalized spacial score (nSPS) is 14.1. The van der Waals surface area contributed by atoms with Gasteiger partial charge in [-0.05, 0) is 57.4 Å². The molecule has 1 aliphatic heterocycles. The Morgan fingerprint density at radius 1 is 1.00 bits per heavy atom. The second-order valence-electron chi connectivity index (χ2n) is 7.86. The van der Waals surface area contributed by atoms with Crippen LogP contribution in [0.2, 0.25) is 0 Å². The highest BCUT2D eigenvalue weighted by Gasteiger charge is 2.40. The molecule has 164 valence electrons. The number of nitrogens with zero attached hydrogens (tertiary/aromatic N) is 1. The highest BCUT2D eigenvalue weighted by Crippen LogP contribution is 2.35. The minimum atomic E-state index is -0.337. The van der Waals surface area contributed by atoms with Crippen molar-refractivity contribution in [2.75, 3.05) is 25.6 Å². The van der Waals surface area contributed by atoms with Crippen LogP contribution in [0.15, 0.2) is 48.2 Å².